The molecule has 0 unspecified atom stereocenters. The van der Waals surface area contributed by atoms with E-state index in [1.807, 2.05) is 31.4 Å². The SMILES string of the molecule is CCOC(=O)c1cnc(SC)nc1NCc1ccc(C)c(-n2ccc(N)nc2=O)c1. The van der Waals surface area contributed by atoms with Crippen molar-refractivity contribution in [1.29, 1.82) is 0 Å². The van der Waals surface area contributed by atoms with Gasteiger partial charge >= 0.3 is 11.7 Å². The van der Waals surface area contributed by atoms with Crippen LogP contribution in [-0.2, 0) is 11.3 Å². The number of esters is 1. The first-order chi connectivity index (χ1) is 14.4. The average Bonchev–Trinajstić information content (AvgIpc) is 2.73. The van der Waals surface area contributed by atoms with Crippen LogP contribution in [0.15, 0.2) is 46.6 Å². The Morgan fingerprint density at radius 2 is 2.10 bits per heavy atom. The highest BCUT2D eigenvalue weighted by Crippen LogP contribution is 2.20. The molecule has 0 atom stereocenters. The number of hydrogen-bond donors (Lipinski definition) is 2. The Bertz CT molecular complexity index is 1130. The van der Waals surface area contributed by atoms with Gasteiger partial charge in [0.1, 0.15) is 17.2 Å². The molecule has 2 aromatic heterocycles. The molecule has 3 aromatic rings. The number of anilines is 2. The Morgan fingerprint density at radius 3 is 2.80 bits per heavy atom. The van der Waals surface area contributed by atoms with Crippen molar-refractivity contribution in [3.05, 3.63) is 63.8 Å². The van der Waals surface area contributed by atoms with E-state index in [0.717, 1.165) is 11.1 Å². The van der Waals surface area contributed by atoms with Gasteiger partial charge in [0.05, 0.1) is 12.3 Å². The van der Waals surface area contributed by atoms with Crippen LogP contribution in [0.1, 0.15) is 28.4 Å². The molecule has 2 heterocycles. The molecule has 0 fully saturated rings. The summed E-state index contributed by atoms with van der Waals surface area (Å²) < 4.78 is 6.53. The predicted octanol–water partition coefficient (Wildman–Crippen LogP) is 2.42. The van der Waals surface area contributed by atoms with Gasteiger partial charge in [0.2, 0.25) is 0 Å². The molecule has 0 aliphatic rings. The van der Waals surface area contributed by atoms with Gasteiger partial charge in [-0.2, -0.15) is 4.98 Å². The quantitative estimate of drug-likeness (QED) is 0.333. The second-order valence-corrected chi connectivity index (χ2v) is 7.09. The Labute approximate surface area is 177 Å². The average molecular weight is 427 g/mol. The summed E-state index contributed by atoms with van der Waals surface area (Å²) in [6.07, 6.45) is 4.91. The highest BCUT2D eigenvalue weighted by molar-refractivity contribution is 7.98. The molecule has 0 aliphatic carbocycles. The topological polar surface area (TPSA) is 125 Å². The highest BCUT2D eigenvalue weighted by atomic mass is 32.2. The second kappa shape index (κ2) is 9.40. The minimum atomic E-state index is -0.489. The molecule has 156 valence electrons. The van der Waals surface area contributed by atoms with Crippen LogP contribution in [-0.4, -0.2) is 38.4 Å². The number of ether oxygens (including phenoxy) is 1. The number of carbonyl (C=O) groups excluding carboxylic acids is 1. The van der Waals surface area contributed by atoms with E-state index in [9.17, 15) is 9.59 Å². The lowest BCUT2D eigenvalue weighted by atomic mass is 10.1. The standard InChI is InChI=1S/C20H22N6O3S/c1-4-29-18(27)14-11-23-19(30-3)25-17(14)22-10-13-6-5-12(2)15(9-13)26-8-7-16(21)24-20(26)28/h5-9,11H,4,10H2,1-3H3,(H2,21,24,28)(H,22,23,25). The van der Waals surface area contributed by atoms with Gasteiger partial charge < -0.3 is 15.8 Å². The van der Waals surface area contributed by atoms with Gasteiger partial charge in [0.15, 0.2) is 5.16 Å². The number of nitrogens with two attached hydrogens (primary N) is 1. The second-order valence-electron chi connectivity index (χ2n) is 6.32. The monoisotopic (exact) mass is 426 g/mol. The molecule has 0 radical (unpaired) electrons. The lowest BCUT2D eigenvalue weighted by molar-refractivity contribution is 0.0526. The maximum Gasteiger partial charge on any atom is 0.354 e. The Kier molecular flexibility index (Phi) is 6.68. The molecular formula is C20H22N6O3S. The van der Waals surface area contributed by atoms with Crippen LogP contribution in [0.4, 0.5) is 11.6 Å². The Balaban J connectivity index is 1.89. The van der Waals surface area contributed by atoms with Gasteiger partial charge in [-0.3, -0.25) is 4.57 Å². The van der Waals surface area contributed by atoms with E-state index in [0.29, 0.717) is 23.2 Å². The largest absolute Gasteiger partial charge is 0.462 e. The van der Waals surface area contributed by atoms with E-state index < -0.39 is 11.7 Å². The number of aryl methyl sites for hydroxylation is 1. The number of benzene rings is 1. The zero-order valence-electron chi connectivity index (χ0n) is 16.9. The fourth-order valence-electron chi connectivity index (χ4n) is 2.77. The smallest absolute Gasteiger partial charge is 0.354 e. The molecular weight excluding hydrogens is 404 g/mol. The molecule has 1 aromatic carbocycles. The van der Waals surface area contributed by atoms with E-state index in [4.69, 9.17) is 10.5 Å². The molecule has 10 heteroatoms. The van der Waals surface area contributed by atoms with E-state index in [-0.39, 0.29) is 18.0 Å². The summed E-state index contributed by atoms with van der Waals surface area (Å²) in [6, 6.07) is 7.29. The van der Waals surface area contributed by atoms with E-state index >= 15 is 0 Å². The van der Waals surface area contributed by atoms with Crippen molar-refractivity contribution in [2.45, 2.75) is 25.5 Å². The number of nitrogens with zero attached hydrogens (tertiary/aromatic N) is 4. The highest BCUT2D eigenvalue weighted by Gasteiger charge is 2.16. The van der Waals surface area contributed by atoms with Crippen molar-refractivity contribution in [3.8, 4) is 5.69 Å². The summed E-state index contributed by atoms with van der Waals surface area (Å²) in [6.45, 7) is 4.28. The number of nitrogen functional groups attached to an aromatic ring is 1. The number of carbonyl (C=O) groups is 1. The minimum Gasteiger partial charge on any atom is -0.462 e. The molecule has 0 spiro atoms. The maximum absolute atomic E-state index is 12.2. The molecule has 0 bridgehead atoms. The van der Waals surface area contributed by atoms with E-state index in [1.165, 1.54) is 22.5 Å². The van der Waals surface area contributed by atoms with Crippen LogP contribution in [0.3, 0.4) is 0 Å². The van der Waals surface area contributed by atoms with Crippen LogP contribution in [0, 0.1) is 6.92 Å². The molecule has 0 saturated carbocycles. The number of thioether (sulfide) groups is 1. The van der Waals surface area contributed by atoms with Crippen molar-refractivity contribution in [2.24, 2.45) is 0 Å². The molecule has 0 saturated heterocycles. The van der Waals surface area contributed by atoms with Crippen molar-refractivity contribution >= 4 is 29.4 Å². The van der Waals surface area contributed by atoms with Gasteiger partial charge in [-0.25, -0.2) is 19.6 Å². The van der Waals surface area contributed by atoms with Crippen molar-refractivity contribution < 1.29 is 9.53 Å². The van der Waals surface area contributed by atoms with E-state index in [2.05, 4.69) is 20.3 Å². The molecule has 9 nitrogen and oxygen atoms in total. The van der Waals surface area contributed by atoms with Gasteiger partial charge in [-0.1, -0.05) is 23.9 Å². The normalized spacial score (nSPS) is 10.6. The molecule has 0 aliphatic heterocycles. The third-order valence-electron chi connectivity index (χ3n) is 4.26. The lowest BCUT2D eigenvalue weighted by Crippen LogP contribution is -2.22. The van der Waals surface area contributed by atoms with E-state index in [1.54, 1.807) is 19.2 Å². The molecule has 3 rings (SSSR count). The number of nitrogens with one attached hydrogen (secondary N) is 1. The predicted molar refractivity (Wildman–Crippen MR) is 116 cm³/mol. The lowest BCUT2D eigenvalue weighted by Gasteiger charge is -2.13. The Morgan fingerprint density at radius 1 is 1.30 bits per heavy atom. The van der Waals surface area contributed by atoms with Gasteiger partial charge in [0.25, 0.3) is 0 Å². The van der Waals surface area contributed by atoms with Crippen molar-refractivity contribution in [2.75, 3.05) is 23.9 Å². The molecule has 0 amide bonds. The summed E-state index contributed by atoms with van der Waals surface area (Å²) in [5, 5.41) is 3.71. The maximum atomic E-state index is 12.2. The van der Waals surface area contributed by atoms with Crippen LogP contribution < -0.4 is 16.7 Å². The fraction of sp³-hybridized carbons (Fsp3) is 0.250. The van der Waals surface area contributed by atoms with Crippen molar-refractivity contribution in [1.82, 2.24) is 19.5 Å². The fourth-order valence-corrected chi connectivity index (χ4v) is 3.11. The third-order valence-corrected chi connectivity index (χ3v) is 4.82. The molecule has 3 N–H and O–H groups in total. The first-order valence-electron chi connectivity index (χ1n) is 9.20. The third kappa shape index (κ3) is 4.77. The first-order valence-corrected chi connectivity index (χ1v) is 10.4. The summed E-state index contributed by atoms with van der Waals surface area (Å²) in [4.78, 5) is 36.8. The van der Waals surface area contributed by atoms with Gasteiger partial charge in [-0.15, -0.1) is 0 Å². The van der Waals surface area contributed by atoms with Crippen LogP contribution in [0.25, 0.3) is 5.69 Å². The van der Waals surface area contributed by atoms with Gasteiger partial charge in [0, 0.05) is 18.9 Å². The zero-order chi connectivity index (χ0) is 21.7. The summed E-state index contributed by atoms with van der Waals surface area (Å²) in [5.74, 6) is 0.0737. The summed E-state index contributed by atoms with van der Waals surface area (Å²) in [5.41, 5.74) is 7.89. The summed E-state index contributed by atoms with van der Waals surface area (Å²) in [7, 11) is 0. The van der Waals surface area contributed by atoms with Gasteiger partial charge in [-0.05, 0) is 43.4 Å². The zero-order valence-corrected chi connectivity index (χ0v) is 17.7. The first kappa shape index (κ1) is 21.3. The van der Waals surface area contributed by atoms with Crippen LogP contribution in [0.5, 0.6) is 0 Å². The van der Waals surface area contributed by atoms with Crippen LogP contribution in [0.2, 0.25) is 0 Å². The number of rotatable bonds is 7. The summed E-state index contributed by atoms with van der Waals surface area (Å²) >= 11 is 1.37. The van der Waals surface area contributed by atoms with Crippen molar-refractivity contribution in [3.63, 3.8) is 0 Å². The Hall–Kier alpha value is -3.40. The minimum absolute atomic E-state index is 0.173. The molecule has 30 heavy (non-hydrogen) atoms. The number of aromatic nitrogens is 4. The number of hydrogen-bond acceptors (Lipinski definition) is 9. The van der Waals surface area contributed by atoms with Crippen LogP contribution >= 0.6 is 11.8 Å².